The SMILES string of the molecule is CCC(C)CC(CC)NC(c1ccccc1)c1ccco1. The highest BCUT2D eigenvalue weighted by Gasteiger charge is 2.21. The van der Waals surface area contributed by atoms with E-state index in [1.807, 2.05) is 6.07 Å². The molecule has 0 fully saturated rings. The van der Waals surface area contributed by atoms with Crippen molar-refractivity contribution in [2.45, 2.75) is 52.1 Å². The van der Waals surface area contributed by atoms with E-state index < -0.39 is 0 Å². The van der Waals surface area contributed by atoms with Crippen LogP contribution in [0.15, 0.2) is 53.1 Å². The minimum atomic E-state index is 0.134. The van der Waals surface area contributed by atoms with Crippen LogP contribution in [0.1, 0.15) is 57.4 Å². The molecule has 0 aliphatic heterocycles. The average Bonchev–Trinajstić information content (AvgIpc) is 3.06. The molecule has 2 heteroatoms. The van der Waals surface area contributed by atoms with Crippen LogP contribution in [-0.4, -0.2) is 6.04 Å². The van der Waals surface area contributed by atoms with Gasteiger partial charge in [0, 0.05) is 6.04 Å². The first-order chi connectivity index (χ1) is 10.2. The Bertz CT molecular complexity index is 492. The molecule has 0 radical (unpaired) electrons. The van der Waals surface area contributed by atoms with E-state index >= 15 is 0 Å². The second-order valence-electron chi connectivity index (χ2n) is 5.88. The molecule has 1 heterocycles. The van der Waals surface area contributed by atoms with Gasteiger partial charge in [-0.05, 0) is 36.5 Å². The lowest BCUT2D eigenvalue weighted by molar-refractivity contribution is 0.343. The van der Waals surface area contributed by atoms with E-state index in [4.69, 9.17) is 4.42 Å². The lowest BCUT2D eigenvalue weighted by atomic mass is 9.95. The summed E-state index contributed by atoms with van der Waals surface area (Å²) in [5.74, 6) is 1.74. The molecule has 3 unspecified atom stereocenters. The van der Waals surface area contributed by atoms with Crippen LogP contribution >= 0.6 is 0 Å². The zero-order valence-electron chi connectivity index (χ0n) is 13.4. The number of benzene rings is 1. The van der Waals surface area contributed by atoms with Gasteiger partial charge >= 0.3 is 0 Å². The maximum Gasteiger partial charge on any atom is 0.125 e. The predicted octanol–water partition coefficient (Wildman–Crippen LogP) is 5.17. The first kappa shape index (κ1) is 15.8. The summed E-state index contributed by atoms with van der Waals surface area (Å²) < 4.78 is 5.66. The minimum absolute atomic E-state index is 0.134. The highest BCUT2D eigenvalue weighted by Crippen LogP contribution is 2.25. The first-order valence-electron chi connectivity index (χ1n) is 8.09. The molecule has 1 aromatic heterocycles. The maximum atomic E-state index is 5.66. The summed E-state index contributed by atoms with van der Waals surface area (Å²) in [7, 11) is 0. The topological polar surface area (TPSA) is 25.2 Å². The molecule has 0 aliphatic carbocycles. The Morgan fingerprint density at radius 3 is 2.33 bits per heavy atom. The second kappa shape index (κ2) is 8.04. The fraction of sp³-hybridized carbons (Fsp3) is 0.474. The van der Waals surface area contributed by atoms with Crippen molar-refractivity contribution < 1.29 is 4.42 Å². The molecule has 0 aliphatic rings. The molecule has 2 nitrogen and oxygen atoms in total. The summed E-state index contributed by atoms with van der Waals surface area (Å²) in [4.78, 5) is 0. The molecule has 114 valence electrons. The summed E-state index contributed by atoms with van der Waals surface area (Å²) in [5, 5.41) is 3.79. The maximum absolute atomic E-state index is 5.66. The average molecular weight is 285 g/mol. The van der Waals surface area contributed by atoms with Gasteiger partial charge < -0.3 is 9.73 Å². The molecule has 3 atom stereocenters. The Morgan fingerprint density at radius 1 is 1.00 bits per heavy atom. The molecule has 2 rings (SSSR count). The van der Waals surface area contributed by atoms with Crippen molar-refractivity contribution in [2.24, 2.45) is 5.92 Å². The van der Waals surface area contributed by atoms with Crippen molar-refractivity contribution in [1.82, 2.24) is 5.32 Å². The number of hydrogen-bond acceptors (Lipinski definition) is 2. The largest absolute Gasteiger partial charge is 0.467 e. The summed E-state index contributed by atoms with van der Waals surface area (Å²) in [6.45, 7) is 6.84. The third-order valence-corrected chi connectivity index (χ3v) is 4.24. The van der Waals surface area contributed by atoms with Crippen LogP contribution in [0.5, 0.6) is 0 Å². The van der Waals surface area contributed by atoms with Crippen LogP contribution in [0.25, 0.3) is 0 Å². The number of hydrogen-bond donors (Lipinski definition) is 1. The van der Waals surface area contributed by atoms with Gasteiger partial charge in [0.25, 0.3) is 0 Å². The first-order valence-corrected chi connectivity index (χ1v) is 8.09. The molecule has 0 bridgehead atoms. The minimum Gasteiger partial charge on any atom is -0.467 e. The predicted molar refractivity (Wildman–Crippen MR) is 88.3 cm³/mol. The van der Waals surface area contributed by atoms with Gasteiger partial charge in [0.15, 0.2) is 0 Å². The molecule has 0 saturated carbocycles. The molecule has 0 saturated heterocycles. The van der Waals surface area contributed by atoms with Crippen LogP contribution < -0.4 is 5.32 Å². The van der Waals surface area contributed by atoms with Gasteiger partial charge in [-0.15, -0.1) is 0 Å². The molecule has 21 heavy (non-hydrogen) atoms. The van der Waals surface area contributed by atoms with E-state index in [0.717, 1.165) is 18.1 Å². The Hall–Kier alpha value is -1.54. The van der Waals surface area contributed by atoms with Gasteiger partial charge in [-0.2, -0.15) is 0 Å². The van der Waals surface area contributed by atoms with Gasteiger partial charge in [0.05, 0.1) is 12.3 Å². The molecular weight excluding hydrogens is 258 g/mol. The van der Waals surface area contributed by atoms with E-state index in [1.54, 1.807) is 6.26 Å². The lowest BCUT2D eigenvalue weighted by Gasteiger charge is -2.26. The molecule has 1 aromatic carbocycles. The van der Waals surface area contributed by atoms with Gasteiger partial charge in [-0.25, -0.2) is 0 Å². The Kier molecular flexibility index (Phi) is 6.06. The van der Waals surface area contributed by atoms with Gasteiger partial charge in [-0.1, -0.05) is 57.5 Å². The van der Waals surface area contributed by atoms with Gasteiger partial charge in [-0.3, -0.25) is 0 Å². The van der Waals surface area contributed by atoms with E-state index in [2.05, 4.69) is 62.5 Å². The van der Waals surface area contributed by atoms with Crippen LogP contribution in [-0.2, 0) is 0 Å². The van der Waals surface area contributed by atoms with Crippen molar-refractivity contribution in [3.63, 3.8) is 0 Å². The Balaban J connectivity index is 2.16. The van der Waals surface area contributed by atoms with Crippen LogP contribution in [0.3, 0.4) is 0 Å². The van der Waals surface area contributed by atoms with E-state index in [9.17, 15) is 0 Å². The zero-order valence-corrected chi connectivity index (χ0v) is 13.4. The van der Waals surface area contributed by atoms with E-state index in [0.29, 0.717) is 6.04 Å². The van der Waals surface area contributed by atoms with Crippen LogP contribution in [0.4, 0.5) is 0 Å². The third kappa shape index (κ3) is 4.47. The zero-order chi connectivity index (χ0) is 15.1. The smallest absolute Gasteiger partial charge is 0.125 e. The van der Waals surface area contributed by atoms with Crippen molar-refractivity contribution in [3.8, 4) is 0 Å². The lowest BCUT2D eigenvalue weighted by Crippen LogP contribution is -2.34. The summed E-state index contributed by atoms with van der Waals surface area (Å²) in [5.41, 5.74) is 1.26. The number of furan rings is 1. The van der Waals surface area contributed by atoms with Crippen molar-refractivity contribution in [1.29, 1.82) is 0 Å². The fourth-order valence-electron chi connectivity index (χ4n) is 2.68. The van der Waals surface area contributed by atoms with Crippen LogP contribution in [0, 0.1) is 5.92 Å². The van der Waals surface area contributed by atoms with Gasteiger partial charge in [0.2, 0.25) is 0 Å². The highest BCUT2D eigenvalue weighted by molar-refractivity contribution is 5.26. The Morgan fingerprint density at radius 2 is 1.76 bits per heavy atom. The molecular formula is C19H27NO. The van der Waals surface area contributed by atoms with Crippen molar-refractivity contribution >= 4 is 0 Å². The normalized spacial score (nSPS) is 15.6. The van der Waals surface area contributed by atoms with Crippen molar-refractivity contribution in [3.05, 3.63) is 60.1 Å². The molecule has 0 amide bonds. The summed E-state index contributed by atoms with van der Waals surface area (Å²) >= 11 is 0. The fourth-order valence-corrected chi connectivity index (χ4v) is 2.68. The second-order valence-corrected chi connectivity index (χ2v) is 5.88. The van der Waals surface area contributed by atoms with Crippen molar-refractivity contribution in [2.75, 3.05) is 0 Å². The standard InChI is InChI=1S/C19H27NO/c1-4-15(3)14-17(5-2)20-19(18-12-9-13-21-18)16-10-7-6-8-11-16/h6-13,15,17,19-20H,4-5,14H2,1-3H3. The van der Waals surface area contributed by atoms with E-state index in [-0.39, 0.29) is 6.04 Å². The molecule has 0 spiro atoms. The number of rotatable bonds is 8. The highest BCUT2D eigenvalue weighted by atomic mass is 16.3. The van der Waals surface area contributed by atoms with E-state index in [1.165, 1.54) is 18.4 Å². The van der Waals surface area contributed by atoms with Crippen LogP contribution in [0.2, 0.25) is 0 Å². The third-order valence-electron chi connectivity index (χ3n) is 4.24. The molecule has 2 aromatic rings. The Labute approximate surface area is 128 Å². The van der Waals surface area contributed by atoms with Gasteiger partial charge in [0.1, 0.15) is 5.76 Å². The summed E-state index contributed by atoms with van der Waals surface area (Å²) in [6.07, 6.45) is 5.32. The monoisotopic (exact) mass is 285 g/mol. The quantitative estimate of drug-likeness (QED) is 0.723. The number of nitrogens with one attached hydrogen (secondary N) is 1. The summed E-state index contributed by atoms with van der Waals surface area (Å²) in [6, 6.07) is 15.2. The molecule has 1 N–H and O–H groups in total.